The van der Waals surface area contributed by atoms with Crippen LogP contribution in [0.15, 0.2) is 30.3 Å². The van der Waals surface area contributed by atoms with Crippen LogP contribution in [0.25, 0.3) is 0 Å². The van der Waals surface area contributed by atoms with Crippen LogP contribution in [0.5, 0.6) is 0 Å². The standard InChI is InChI=1S/C6H7N/c7-6-4-2-1-3-5-6/h1-5H,7H2/i4D. The monoisotopic (exact) mass is 94.1 g/mol. The van der Waals surface area contributed by atoms with Gasteiger partial charge in [0.05, 0.1) is 1.37 Å². The number of para-hydroxylation sites is 1. The molecule has 0 saturated heterocycles. The molecule has 0 radical (unpaired) electrons. The van der Waals surface area contributed by atoms with Crippen molar-refractivity contribution in [1.29, 1.82) is 0 Å². The number of hydrogen-bond acceptors (Lipinski definition) is 1. The maximum Gasteiger partial charge on any atom is 0.0644 e. The van der Waals surface area contributed by atoms with Crippen molar-refractivity contribution in [2.75, 3.05) is 5.73 Å². The van der Waals surface area contributed by atoms with Crippen molar-refractivity contribution >= 4 is 5.69 Å². The smallest absolute Gasteiger partial charge is 0.0644 e. The molecule has 0 unspecified atom stereocenters. The molecule has 0 heterocycles. The maximum atomic E-state index is 7.09. The van der Waals surface area contributed by atoms with E-state index in [1.54, 1.807) is 18.2 Å². The lowest BCUT2D eigenvalue weighted by molar-refractivity contribution is 1.69. The highest BCUT2D eigenvalue weighted by atomic mass is 14.5. The molecule has 0 fully saturated rings. The van der Waals surface area contributed by atoms with E-state index in [1.165, 1.54) is 0 Å². The first kappa shape index (κ1) is 3.08. The number of rotatable bonds is 0. The molecule has 0 aliphatic heterocycles. The number of nitrogens with two attached hydrogens (primary N) is 1. The molecule has 0 saturated carbocycles. The summed E-state index contributed by atoms with van der Waals surface area (Å²) in [5, 5.41) is 0. The van der Waals surface area contributed by atoms with Crippen LogP contribution in [-0.2, 0) is 0 Å². The minimum atomic E-state index is 0.396. The topological polar surface area (TPSA) is 26.0 Å². The summed E-state index contributed by atoms with van der Waals surface area (Å²) in [6, 6.07) is 7.37. The van der Waals surface area contributed by atoms with Gasteiger partial charge in [-0.05, 0) is 12.1 Å². The predicted molar refractivity (Wildman–Crippen MR) is 30.9 cm³/mol. The molecular formula is C6H7N. The van der Waals surface area contributed by atoms with Gasteiger partial charge in [-0.3, -0.25) is 0 Å². The second-order valence-electron chi connectivity index (χ2n) is 1.32. The molecule has 0 spiro atoms. The van der Waals surface area contributed by atoms with Gasteiger partial charge in [-0.15, -0.1) is 0 Å². The molecule has 0 atom stereocenters. The van der Waals surface area contributed by atoms with Crippen LogP contribution in [0.3, 0.4) is 0 Å². The molecule has 1 aromatic rings. The van der Waals surface area contributed by atoms with Gasteiger partial charge in [0, 0.05) is 5.69 Å². The second kappa shape index (κ2) is 1.65. The van der Waals surface area contributed by atoms with Crippen molar-refractivity contribution in [1.82, 2.24) is 0 Å². The summed E-state index contributed by atoms with van der Waals surface area (Å²) in [5.41, 5.74) is 5.87. The Hall–Kier alpha value is -0.980. The number of benzene rings is 1. The van der Waals surface area contributed by atoms with E-state index in [0.717, 1.165) is 0 Å². The molecule has 36 valence electrons. The van der Waals surface area contributed by atoms with Crippen molar-refractivity contribution < 1.29 is 1.37 Å². The van der Waals surface area contributed by atoms with Crippen LogP contribution >= 0.6 is 0 Å². The Morgan fingerprint density at radius 2 is 2.29 bits per heavy atom. The van der Waals surface area contributed by atoms with E-state index in [-0.39, 0.29) is 0 Å². The van der Waals surface area contributed by atoms with Gasteiger partial charge in [-0.1, -0.05) is 18.2 Å². The molecule has 7 heavy (non-hydrogen) atoms. The van der Waals surface area contributed by atoms with Crippen LogP contribution < -0.4 is 5.73 Å². The van der Waals surface area contributed by atoms with E-state index in [4.69, 9.17) is 7.10 Å². The van der Waals surface area contributed by atoms with Gasteiger partial charge in [-0.2, -0.15) is 0 Å². The zero-order chi connectivity index (χ0) is 5.98. The summed E-state index contributed by atoms with van der Waals surface area (Å²) in [4.78, 5) is 0. The number of nitrogen functional groups attached to an aromatic ring is 1. The summed E-state index contributed by atoms with van der Waals surface area (Å²) in [5.74, 6) is 0. The van der Waals surface area contributed by atoms with Gasteiger partial charge in [0.1, 0.15) is 0 Å². The molecule has 0 aliphatic rings. The van der Waals surface area contributed by atoms with Crippen LogP contribution in [0.2, 0.25) is 0 Å². The van der Waals surface area contributed by atoms with E-state index in [1.807, 2.05) is 6.07 Å². The second-order valence-corrected chi connectivity index (χ2v) is 1.32. The van der Waals surface area contributed by atoms with Crippen molar-refractivity contribution in [3.8, 4) is 0 Å². The fourth-order valence-corrected chi connectivity index (χ4v) is 0.407. The Kier molecular flexibility index (Phi) is 0.724. The van der Waals surface area contributed by atoms with Gasteiger partial charge >= 0.3 is 0 Å². The van der Waals surface area contributed by atoms with E-state index in [2.05, 4.69) is 0 Å². The third-order valence-electron chi connectivity index (χ3n) is 0.733. The molecule has 1 rings (SSSR count). The molecule has 0 bridgehead atoms. The Morgan fingerprint density at radius 1 is 1.43 bits per heavy atom. The Bertz CT molecular complexity index is 165. The highest BCUT2D eigenvalue weighted by Crippen LogP contribution is 1.95. The SMILES string of the molecule is [2H]c1ccccc1N. The third kappa shape index (κ3) is 0.929. The summed E-state index contributed by atoms with van der Waals surface area (Å²) >= 11 is 0. The quantitative estimate of drug-likeness (QED) is 0.481. The Labute approximate surface area is 44.2 Å². The van der Waals surface area contributed by atoms with Crippen molar-refractivity contribution in [2.24, 2.45) is 0 Å². The van der Waals surface area contributed by atoms with Crippen molar-refractivity contribution in [3.05, 3.63) is 30.3 Å². The lowest BCUT2D eigenvalue weighted by Gasteiger charge is -1.83. The molecule has 1 aromatic carbocycles. The van der Waals surface area contributed by atoms with E-state index in [9.17, 15) is 0 Å². The molecule has 0 amide bonds. The lowest BCUT2D eigenvalue weighted by atomic mass is 10.3. The largest absolute Gasteiger partial charge is 0.399 e. The minimum Gasteiger partial charge on any atom is -0.399 e. The molecule has 1 heteroatoms. The van der Waals surface area contributed by atoms with Gasteiger partial charge in [0.15, 0.2) is 0 Å². The van der Waals surface area contributed by atoms with E-state index < -0.39 is 0 Å². The predicted octanol–water partition coefficient (Wildman–Crippen LogP) is 1.27. The highest BCUT2D eigenvalue weighted by molar-refractivity contribution is 5.35. The maximum absolute atomic E-state index is 7.09. The zero-order valence-corrected chi connectivity index (χ0v) is 3.89. The Balaban J connectivity index is 3.13. The van der Waals surface area contributed by atoms with E-state index in [0.29, 0.717) is 11.7 Å². The highest BCUT2D eigenvalue weighted by Gasteiger charge is 1.72. The number of hydrogen-bond donors (Lipinski definition) is 1. The van der Waals surface area contributed by atoms with Crippen LogP contribution in [0.1, 0.15) is 1.37 Å². The molecule has 1 nitrogen and oxygen atoms in total. The average molecular weight is 94.1 g/mol. The molecule has 2 N–H and O–H groups in total. The molecule has 0 aromatic heterocycles. The van der Waals surface area contributed by atoms with Gasteiger partial charge < -0.3 is 5.73 Å². The van der Waals surface area contributed by atoms with Crippen molar-refractivity contribution in [2.45, 2.75) is 0 Å². The summed E-state index contributed by atoms with van der Waals surface area (Å²) in [6.45, 7) is 0. The van der Waals surface area contributed by atoms with E-state index >= 15 is 0 Å². The van der Waals surface area contributed by atoms with Gasteiger partial charge in [-0.25, -0.2) is 0 Å². The molecular weight excluding hydrogens is 86.1 g/mol. The van der Waals surface area contributed by atoms with Gasteiger partial charge in [0.2, 0.25) is 0 Å². The molecule has 0 aliphatic carbocycles. The van der Waals surface area contributed by atoms with Crippen LogP contribution in [0.4, 0.5) is 5.69 Å². The first-order valence-electron chi connectivity index (χ1n) is 2.62. The lowest BCUT2D eigenvalue weighted by Crippen LogP contribution is -1.79. The van der Waals surface area contributed by atoms with Crippen LogP contribution in [0, 0.1) is 0 Å². The van der Waals surface area contributed by atoms with Gasteiger partial charge in [0.25, 0.3) is 0 Å². The average Bonchev–Trinajstić information content (AvgIpc) is 1.77. The fraction of sp³-hybridized carbons (Fsp3) is 0. The number of anilines is 1. The third-order valence-corrected chi connectivity index (χ3v) is 0.733. The summed E-state index contributed by atoms with van der Waals surface area (Å²) in [6.07, 6.45) is 0. The zero-order valence-electron chi connectivity index (χ0n) is 4.89. The Morgan fingerprint density at radius 3 is 2.71 bits per heavy atom. The van der Waals surface area contributed by atoms with Crippen molar-refractivity contribution in [3.63, 3.8) is 0 Å². The first-order valence-corrected chi connectivity index (χ1v) is 2.12. The summed E-state index contributed by atoms with van der Waals surface area (Å²) < 4.78 is 7.09. The van der Waals surface area contributed by atoms with Crippen LogP contribution in [-0.4, -0.2) is 0 Å². The fourth-order valence-electron chi connectivity index (χ4n) is 0.407. The first-order chi connectivity index (χ1) is 3.80. The normalized spacial score (nSPS) is 10.6. The summed E-state index contributed by atoms with van der Waals surface area (Å²) in [7, 11) is 0. The minimum absolute atomic E-state index is 0.396.